The van der Waals surface area contributed by atoms with Gasteiger partial charge in [0.25, 0.3) is 5.91 Å². The predicted octanol–water partition coefficient (Wildman–Crippen LogP) is 4.12. The van der Waals surface area contributed by atoms with Crippen LogP contribution in [0.25, 0.3) is 10.2 Å². The van der Waals surface area contributed by atoms with Crippen LogP contribution < -0.4 is 10.1 Å². The largest absolute Gasteiger partial charge is 0.494 e. The summed E-state index contributed by atoms with van der Waals surface area (Å²) in [5.41, 5.74) is 1.65. The first-order valence-electron chi connectivity index (χ1n) is 8.14. The Hall–Kier alpha value is -2.93. The van der Waals surface area contributed by atoms with E-state index in [2.05, 4.69) is 10.3 Å². The molecule has 0 atom stereocenters. The first-order chi connectivity index (χ1) is 12.6. The molecule has 0 aliphatic carbocycles. The van der Waals surface area contributed by atoms with Gasteiger partial charge in [-0.1, -0.05) is 24.3 Å². The number of nitrogens with zero attached hydrogens (tertiary/aromatic N) is 1. The van der Waals surface area contributed by atoms with Crippen molar-refractivity contribution in [3.8, 4) is 5.75 Å². The minimum atomic E-state index is -0.408. The van der Waals surface area contributed by atoms with Crippen molar-refractivity contribution < 1.29 is 19.1 Å². The Morgan fingerprint density at radius 3 is 2.77 bits per heavy atom. The van der Waals surface area contributed by atoms with E-state index in [0.717, 1.165) is 11.1 Å². The molecule has 1 N–H and O–H groups in total. The normalized spacial score (nSPS) is 10.5. The lowest BCUT2D eigenvalue weighted by molar-refractivity contribution is 0.0601. The van der Waals surface area contributed by atoms with E-state index in [1.54, 1.807) is 36.4 Å². The molecule has 3 rings (SSSR count). The first kappa shape index (κ1) is 17.9. The van der Waals surface area contributed by atoms with Crippen LogP contribution in [0.15, 0.2) is 42.5 Å². The number of anilines is 1. The first-order valence-corrected chi connectivity index (χ1v) is 8.95. The number of carbonyl (C=O) groups excluding carboxylic acids is 2. The van der Waals surface area contributed by atoms with Crippen LogP contribution in [-0.2, 0) is 4.74 Å². The highest BCUT2D eigenvalue weighted by Gasteiger charge is 2.13. The number of benzene rings is 2. The van der Waals surface area contributed by atoms with E-state index in [-0.39, 0.29) is 5.91 Å². The van der Waals surface area contributed by atoms with Crippen molar-refractivity contribution in [2.75, 3.05) is 19.0 Å². The van der Waals surface area contributed by atoms with Crippen LogP contribution in [0.4, 0.5) is 5.13 Å². The van der Waals surface area contributed by atoms with Crippen LogP contribution in [-0.4, -0.2) is 30.6 Å². The monoisotopic (exact) mass is 370 g/mol. The van der Waals surface area contributed by atoms with Crippen LogP contribution in [0.1, 0.15) is 34.1 Å². The maximum absolute atomic E-state index is 12.5. The van der Waals surface area contributed by atoms with Crippen molar-refractivity contribution in [2.45, 2.75) is 13.3 Å². The molecule has 0 bridgehead atoms. The van der Waals surface area contributed by atoms with Gasteiger partial charge in [0.05, 0.1) is 29.5 Å². The number of aromatic nitrogens is 1. The Morgan fingerprint density at radius 2 is 2.00 bits per heavy atom. The van der Waals surface area contributed by atoms with Crippen LogP contribution in [0.2, 0.25) is 0 Å². The molecule has 0 aliphatic heterocycles. The lowest BCUT2D eigenvalue weighted by Crippen LogP contribution is -2.11. The fraction of sp³-hybridized carbons (Fsp3) is 0.211. The van der Waals surface area contributed by atoms with Gasteiger partial charge in [-0.2, -0.15) is 0 Å². The zero-order chi connectivity index (χ0) is 18.5. The van der Waals surface area contributed by atoms with Gasteiger partial charge in [-0.05, 0) is 42.8 Å². The summed E-state index contributed by atoms with van der Waals surface area (Å²) in [6.07, 6.45) is 0.899. The number of rotatable bonds is 6. The summed E-state index contributed by atoms with van der Waals surface area (Å²) in [5.74, 6) is -0.0134. The van der Waals surface area contributed by atoms with Crippen LogP contribution in [0.3, 0.4) is 0 Å². The van der Waals surface area contributed by atoms with E-state index >= 15 is 0 Å². The molecular weight excluding hydrogens is 352 g/mol. The van der Waals surface area contributed by atoms with Crippen LogP contribution in [0, 0.1) is 0 Å². The Morgan fingerprint density at radius 1 is 1.15 bits per heavy atom. The summed E-state index contributed by atoms with van der Waals surface area (Å²) in [7, 11) is 1.34. The average Bonchev–Trinajstić information content (AvgIpc) is 3.07. The lowest BCUT2D eigenvalue weighted by Gasteiger charge is -2.06. The van der Waals surface area contributed by atoms with Gasteiger partial charge in [0.15, 0.2) is 5.13 Å². The zero-order valence-corrected chi connectivity index (χ0v) is 15.3. The molecule has 1 amide bonds. The molecule has 2 aromatic carbocycles. The molecule has 1 heterocycles. The molecule has 6 nitrogen and oxygen atoms in total. The van der Waals surface area contributed by atoms with E-state index in [1.165, 1.54) is 18.4 Å². The molecule has 0 saturated heterocycles. The molecule has 26 heavy (non-hydrogen) atoms. The topological polar surface area (TPSA) is 77.5 Å². The number of amides is 1. The third-order valence-corrected chi connectivity index (χ3v) is 4.53. The molecule has 1 aromatic heterocycles. The van der Waals surface area contributed by atoms with Crippen LogP contribution >= 0.6 is 11.3 Å². The van der Waals surface area contributed by atoms with E-state index < -0.39 is 5.97 Å². The van der Waals surface area contributed by atoms with Crippen LogP contribution in [0.5, 0.6) is 5.75 Å². The van der Waals surface area contributed by atoms with Gasteiger partial charge >= 0.3 is 5.97 Å². The summed E-state index contributed by atoms with van der Waals surface area (Å²) >= 11 is 1.30. The molecule has 0 fully saturated rings. The Labute approximate surface area is 154 Å². The quantitative estimate of drug-likeness (QED) is 0.660. The highest BCUT2D eigenvalue weighted by atomic mass is 32.1. The summed E-state index contributed by atoms with van der Waals surface area (Å²) in [6, 6.07) is 12.1. The number of hydrogen-bond donors (Lipinski definition) is 1. The molecule has 0 spiro atoms. The number of ether oxygens (including phenoxy) is 2. The molecule has 3 aromatic rings. The fourth-order valence-electron chi connectivity index (χ4n) is 2.34. The Bertz CT molecular complexity index is 952. The molecule has 0 radical (unpaired) electrons. The third-order valence-electron chi connectivity index (χ3n) is 3.60. The van der Waals surface area contributed by atoms with E-state index in [9.17, 15) is 9.59 Å². The van der Waals surface area contributed by atoms with Gasteiger partial charge in [0, 0.05) is 5.56 Å². The number of thiazole rings is 1. The average molecular weight is 370 g/mol. The molecule has 0 unspecified atom stereocenters. The highest BCUT2D eigenvalue weighted by Crippen LogP contribution is 2.27. The standard InChI is InChI=1S/C19H18N2O4S/c1-3-9-25-14-6-4-5-12(10-14)17(22)21-19-20-15-8-7-13(18(23)24-2)11-16(15)26-19/h4-8,10-11H,3,9H2,1-2H3,(H,20,21,22). The van der Waals surface area contributed by atoms with Gasteiger partial charge in [-0.3, -0.25) is 10.1 Å². The van der Waals surface area contributed by atoms with E-state index in [0.29, 0.717) is 34.1 Å². The van der Waals surface area contributed by atoms with Crippen molar-refractivity contribution in [1.29, 1.82) is 0 Å². The minimum absolute atomic E-state index is 0.265. The summed E-state index contributed by atoms with van der Waals surface area (Å²) < 4.78 is 11.1. The number of nitrogens with one attached hydrogen (secondary N) is 1. The van der Waals surface area contributed by atoms with Gasteiger partial charge in [0.1, 0.15) is 5.75 Å². The summed E-state index contributed by atoms with van der Waals surface area (Å²) in [6.45, 7) is 2.63. The summed E-state index contributed by atoms with van der Waals surface area (Å²) in [4.78, 5) is 28.5. The number of carbonyl (C=O) groups is 2. The number of methoxy groups -OCH3 is 1. The second-order valence-electron chi connectivity index (χ2n) is 5.52. The minimum Gasteiger partial charge on any atom is -0.494 e. The lowest BCUT2D eigenvalue weighted by atomic mass is 10.2. The van der Waals surface area contributed by atoms with Gasteiger partial charge in [0.2, 0.25) is 0 Å². The van der Waals surface area contributed by atoms with E-state index in [1.807, 2.05) is 13.0 Å². The maximum atomic E-state index is 12.5. The Kier molecular flexibility index (Phi) is 5.48. The molecule has 0 saturated carbocycles. The molecule has 0 aliphatic rings. The molecule has 7 heteroatoms. The summed E-state index contributed by atoms with van der Waals surface area (Å²) in [5, 5.41) is 3.26. The van der Waals surface area contributed by atoms with Crippen molar-refractivity contribution >= 4 is 38.6 Å². The SMILES string of the molecule is CCCOc1cccc(C(=O)Nc2nc3ccc(C(=O)OC)cc3s2)c1. The second-order valence-corrected chi connectivity index (χ2v) is 6.55. The molecular formula is C19H18N2O4S. The highest BCUT2D eigenvalue weighted by molar-refractivity contribution is 7.22. The Balaban J connectivity index is 1.78. The molecule has 134 valence electrons. The maximum Gasteiger partial charge on any atom is 0.337 e. The van der Waals surface area contributed by atoms with Gasteiger partial charge in [-0.25, -0.2) is 9.78 Å². The van der Waals surface area contributed by atoms with Crippen molar-refractivity contribution in [2.24, 2.45) is 0 Å². The third kappa shape index (κ3) is 4.00. The van der Waals surface area contributed by atoms with Crippen molar-refractivity contribution in [3.63, 3.8) is 0 Å². The zero-order valence-electron chi connectivity index (χ0n) is 14.4. The predicted molar refractivity (Wildman–Crippen MR) is 101 cm³/mol. The van der Waals surface area contributed by atoms with Crippen molar-refractivity contribution in [1.82, 2.24) is 4.98 Å². The second kappa shape index (κ2) is 7.97. The van der Waals surface area contributed by atoms with Gasteiger partial charge < -0.3 is 9.47 Å². The fourth-order valence-corrected chi connectivity index (χ4v) is 3.24. The van der Waals surface area contributed by atoms with Gasteiger partial charge in [-0.15, -0.1) is 0 Å². The number of esters is 1. The smallest absolute Gasteiger partial charge is 0.337 e. The number of fused-ring (bicyclic) bond motifs is 1. The number of hydrogen-bond acceptors (Lipinski definition) is 6. The van der Waals surface area contributed by atoms with E-state index in [4.69, 9.17) is 9.47 Å². The van der Waals surface area contributed by atoms with Crippen molar-refractivity contribution in [3.05, 3.63) is 53.6 Å².